The molecule has 0 bridgehead atoms. The molecule has 0 unspecified atom stereocenters. The Morgan fingerprint density at radius 2 is 2.00 bits per heavy atom. The fourth-order valence-electron chi connectivity index (χ4n) is 2.06. The molecule has 0 atom stereocenters. The zero-order chi connectivity index (χ0) is 17.7. The minimum atomic E-state index is -0.522. The molecule has 2 rings (SSSR count). The van der Waals surface area contributed by atoms with E-state index < -0.39 is 4.92 Å². The quantitative estimate of drug-likeness (QED) is 0.511. The maximum atomic E-state index is 11.9. The highest BCUT2D eigenvalue weighted by Gasteiger charge is 2.08. The maximum absolute atomic E-state index is 11.9. The van der Waals surface area contributed by atoms with Crippen LogP contribution in [0.3, 0.4) is 0 Å². The van der Waals surface area contributed by atoms with Crippen LogP contribution in [0, 0.1) is 24.0 Å². The van der Waals surface area contributed by atoms with Crippen molar-refractivity contribution in [1.29, 1.82) is 0 Å². The van der Waals surface area contributed by atoms with Gasteiger partial charge in [0, 0.05) is 22.7 Å². The van der Waals surface area contributed by atoms with Gasteiger partial charge in [-0.1, -0.05) is 29.8 Å². The molecule has 0 saturated carbocycles. The number of non-ortho nitro benzene ring substituents is 1. The molecule has 24 heavy (non-hydrogen) atoms. The summed E-state index contributed by atoms with van der Waals surface area (Å²) in [6, 6.07) is 9.82. The summed E-state index contributed by atoms with van der Waals surface area (Å²) in [4.78, 5) is 22.1. The summed E-state index contributed by atoms with van der Waals surface area (Å²) < 4.78 is 0. The highest BCUT2D eigenvalue weighted by molar-refractivity contribution is 6.33. The van der Waals surface area contributed by atoms with E-state index in [0.29, 0.717) is 10.6 Å². The summed E-state index contributed by atoms with van der Waals surface area (Å²) >= 11 is 5.95. The Labute approximate surface area is 144 Å². The average Bonchev–Trinajstić information content (AvgIpc) is 2.52. The van der Waals surface area contributed by atoms with Gasteiger partial charge in [-0.25, -0.2) is 5.43 Å². The van der Waals surface area contributed by atoms with Crippen LogP contribution in [0.25, 0.3) is 0 Å². The van der Waals surface area contributed by atoms with E-state index in [1.807, 2.05) is 32.0 Å². The van der Waals surface area contributed by atoms with E-state index >= 15 is 0 Å². The smallest absolute Gasteiger partial charge is 0.270 e. The highest BCUT2D eigenvalue weighted by atomic mass is 35.5. The molecular weight excluding hydrogens is 330 g/mol. The van der Waals surface area contributed by atoms with Gasteiger partial charge in [0.15, 0.2) is 0 Å². The molecule has 7 heteroatoms. The van der Waals surface area contributed by atoms with Gasteiger partial charge in [0.25, 0.3) is 5.69 Å². The van der Waals surface area contributed by atoms with E-state index in [1.165, 1.54) is 24.4 Å². The van der Waals surface area contributed by atoms with Crippen LogP contribution in [0.2, 0.25) is 5.02 Å². The zero-order valence-electron chi connectivity index (χ0n) is 13.2. The van der Waals surface area contributed by atoms with Gasteiger partial charge in [-0.3, -0.25) is 14.9 Å². The van der Waals surface area contributed by atoms with Crippen molar-refractivity contribution < 1.29 is 9.72 Å². The summed E-state index contributed by atoms with van der Waals surface area (Å²) in [5.41, 5.74) is 5.83. The lowest BCUT2D eigenvalue weighted by atomic mass is 10.0. The standard InChI is InChI=1S/C17H16ClN3O3/c1-11-3-4-13(7-12(11)2)8-17(22)20-19-10-14-9-15(21(23)24)5-6-16(14)18/h3-7,9-10H,8H2,1-2H3,(H,20,22)/b19-10-. The molecular formula is C17H16ClN3O3. The van der Waals surface area contributed by atoms with Crippen molar-refractivity contribution in [1.82, 2.24) is 5.43 Å². The Morgan fingerprint density at radius 1 is 1.25 bits per heavy atom. The third-order valence-corrected chi connectivity index (χ3v) is 3.86. The number of nitrogens with one attached hydrogen (secondary N) is 1. The molecule has 0 aliphatic carbocycles. The molecule has 0 aliphatic rings. The van der Waals surface area contributed by atoms with Gasteiger partial charge >= 0.3 is 0 Å². The number of halogens is 1. The number of hydrazone groups is 1. The number of aryl methyl sites for hydroxylation is 2. The molecule has 0 fully saturated rings. The Morgan fingerprint density at radius 3 is 2.67 bits per heavy atom. The van der Waals surface area contributed by atoms with Crippen LogP contribution in [0.5, 0.6) is 0 Å². The first-order valence-corrected chi connectivity index (χ1v) is 7.56. The predicted molar refractivity (Wildman–Crippen MR) is 93.5 cm³/mol. The van der Waals surface area contributed by atoms with Crippen molar-refractivity contribution in [3.63, 3.8) is 0 Å². The molecule has 0 spiro atoms. The molecule has 0 aromatic heterocycles. The Bertz CT molecular complexity index is 819. The van der Waals surface area contributed by atoms with Crippen molar-refractivity contribution in [2.45, 2.75) is 20.3 Å². The van der Waals surface area contributed by atoms with E-state index in [-0.39, 0.29) is 18.0 Å². The first-order valence-electron chi connectivity index (χ1n) is 7.19. The second kappa shape index (κ2) is 7.70. The highest BCUT2D eigenvalue weighted by Crippen LogP contribution is 2.20. The predicted octanol–water partition coefficient (Wildman–Crippen LogP) is 3.56. The topological polar surface area (TPSA) is 84.6 Å². The molecule has 124 valence electrons. The first kappa shape index (κ1) is 17.6. The Kier molecular flexibility index (Phi) is 5.65. The lowest BCUT2D eigenvalue weighted by molar-refractivity contribution is -0.384. The van der Waals surface area contributed by atoms with Gasteiger partial charge < -0.3 is 0 Å². The summed E-state index contributed by atoms with van der Waals surface area (Å²) in [6.45, 7) is 3.99. The molecule has 0 radical (unpaired) electrons. The minimum absolute atomic E-state index is 0.0951. The molecule has 2 aromatic carbocycles. The van der Waals surface area contributed by atoms with Crippen molar-refractivity contribution in [2.75, 3.05) is 0 Å². The number of nitro benzene ring substituents is 1. The Balaban J connectivity index is 2.00. The number of nitrogens with zero attached hydrogens (tertiary/aromatic N) is 2. The first-order chi connectivity index (χ1) is 11.4. The molecule has 2 aromatic rings. The van der Waals surface area contributed by atoms with Crippen LogP contribution in [0.4, 0.5) is 5.69 Å². The number of benzene rings is 2. The minimum Gasteiger partial charge on any atom is -0.273 e. The van der Waals surface area contributed by atoms with Gasteiger partial charge in [-0.05, 0) is 36.6 Å². The SMILES string of the molecule is Cc1ccc(CC(=O)N/N=C\c2cc([N+](=O)[O-])ccc2Cl)cc1C. The van der Waals surface area contributed by atoms with Gasteiger partial charge in [-0.15, -0.1) is 0 Å². The fourth-order valence-corrected chi connectivity index (χ4v) is 2.22. The van der Waals surface area contributed by atoms with Crippen LogP contribution >= 0.6 is 11.6 Å². The third-order valence-electron chi connectivity index (χ3n) is 3.52. The molecule has 1 amide bonds. The maximum Gasteiger partial charge on any atom is 0.270 e. The van der Waals surface area contributed by atoms with Gasteiger partial charge in [0.1, 0.15) is 0 Å². The number of rotatable bonds is 5. The molecule has 0 saturated heterocycles. The number of nitro groups is 1. The normalized spacial score (nSPS) is 10.8. The Hall–Kier alpha value is -2.73. The van der Waals surface area contributed by atoms with E-state index in [0.717, 1.165) is 16.7 Å². The zero-order valence-corrected chi connectivity index (χ0v) is 14.0. The summed E-state index contributed by atoms with van der Waals surface area (Å²) in [6.07, 6.45) is 1.48. The summed E-state index contributed by atoms with van der Waals surface area (Å²) in [5, 5.41) is 14.9. The van der Waals surface area contributed by atoms with E-state index in [9.17, 15) is 14.9 Å². The lowest BCUT2D eigenvalue weighted by Crippen LogP contribution is -2.19. The van der Waals surface area contributed by atoms with Gasteiger partial charge in [0.05, 0.1) is 17.6 Å². The van der Waals surface area contributed by atoms with Crippen molar-refractivity contribution in [3.05, 3.63) is 73.8 Å². The average molecular weight is 346 g/mol. The second-order valence-corrected chi connectivity index (χ2v) is 5.76. The van der Waals surface area contributed by atoms with Crippen LogP contribution in [-0.4, -0.2) is 17.0 Å². The molecule has 0 heterocycles. The molecule has 1 N–H and O–H groups in total. The number of hydrogen-bond donors (Lipinski definition) is 1. The summed E-state index contributed by atoms with van der Waals surface area (Å²) in [7, 11) is 0. The van der Waals surface area contributed by atoms with E-state index in [1.54, 1.807) is 0 Å². The van der Waals surface area contributed by atoms with Crippen LogP contribution in [0.1, 0.15) is 22.3 Å². The largest absolute Gasteiger partial charge is 0.273 e. The number of hydrogen-bond acceptors (Lipinski definition) is 4. The van der Waals surface area contributed by atoms with Crippen LogP contribution in [0.15, 0.2) is 41.5 Å². The number of carbonyl (C=O) groups is 1. The van der Waals surface area contributed by atoms with Crippen molar-refractivity contribution in [3.8, 4) is 0 Å². The van der Waals surface area contributed by atoms with Gasteiger partial charge in [-0.2, -0.15) is 5.10 Å². The molecule has 6 nitrogen and oxygen atoms in total. The van der Waals surface area contributed by atoms with Crippen molar-refractivity contribution in [2.24, 2.45) is 5.10 Å². The second-order valence-electron chi connectivity index (χ2n) is 5.35. The fraction of sp³-hybridized carbons (Fsp3) is 0.176. The van der Waals surface area contributed by atoms with Gasteiger partial charge in [0.2, 0.25) is 5.91 Å². The van der Waals surface area contributed by atoms with Crippen LogP contribution in [-0.2, 0) is 11.2 Å². The van der Waals surface area contributed by atoms with Crippen LogP contribution < -0.4 is 5.43 Å². The van der Waals surface area contributed by atoms with Crippen molar-refractivity contribution >= 4 is 29.4 Å². The third kappa shape index (κ3) is 4.63. The van der Waals surface area contributed by atoms with E-state index in [2.05, 4.69) is 10.5 Å². The number of carbonyl (C=O) groups excluding carboxylic acids is 1. The number of amides is 1. The monoisotopic (exact) mass is 345 g/mol. The summed E-state index contributed by atoms with van der Waals surface area (Å²) in [5.74, 6) is -0.281. The molecule has 0 aliphatic heterocycles. The van der Waals surface area contributed by atoms with E-state index in [4.69, 9.17) is 11.6 Å². The lowest BCUT2D eigenvalue weighted by Gasteiger charge is -2.04.